The molecule has 0 aromatic carbocycles. The van der Waals surface area contributed by atoms with Crippen molar-refractivity contribution in [3.8, 4) is 0 Å². The lowest BCUT2D eigenvalue weighted by molar-refractivity contribution is -0.133. The summed E-state index contributed by atoms with van der Waals surface area (Å²) >= 11 is 0. The van der Waals surface area contributed by atoms with Crippen LogP contribution in [0.3, 0.4) is 0 Å². The summed E-state index contributed by atoms with van der Waals surface area (Å²) in [6.45, 7) is 5.74. The average Bonchev–Trinajstić information content (AvgIpc) is 2.37. The molecule has 2 heterocycles. The van der Waals surface area contributed by atoms with Gasteiger partial charge in [-0.2, -0.15) is 0 Å². The molecule has 1 aromatic heterocycles. The van der Waals surface area contributed by atoms with Crippen molar-refractivity contribution in [3.63, 3.8) is 0 Å². The van der Waals surface area contributed by atoms with Crippen LogP contribution >= 0.6 is 0 Å². The average molecular weight is 262 g/mol. The Kier molecular flexibility index (Phi) is 3.78. The smallest absolute Gasteiger partial charge is 0.250 e. The normalized spacial score (nSPS) is 23.7. The molecule has 0 radical (unpaired) electrons. The second-order valence-corrected chi connectivity index (χ2v) is 5.17. The van der Waals surface area contributed by atoms with Crippen LogP contribution in [0.5, 0.6) is 0 Å². The number of nitrogens with one attached hydrogen (secondary N) is 1. The monoisotopic (exact) mass is 262 g/mol. The number of carbonyl (C=O) groups is 2. The van der Waals surface area contributed by atoms with E-state index >= 15 is 0 Å². The highest BCUT2D eigenvalue weighted by atomic mass is 16.2. The highest BCUT2D eigenvalue weighted by Crippen LogP contribution is 2.21. The molecular weight excluding hydrogens is 244 g/mol. The van der Waals surface area contributed by atoms with Crippen LogP contribution in [0.2, 0.25) is 0 Å². The number of hydrogen-bond donors (Lipinski definition) is 1. The number of hydrogen-bond acceptors (Lipinski definition) is 4. The molecule has 0 bridgehead atoms. The minimum atomic E-state index is -0.540. The molecule has 1 aliphatic rings. The summed E-state index contributed by atoms with van der Waals surface area (Å²) in [7, 11) is 0. The Morgan fingerprint density at radius 2 is 1.95 bits per heavy atom. The third-order valence-electron chi connectivity index (χ3n) is 3.15. The fourth-order valence-electron chi connectivity index (χ4n) is 2.23. The van der Waals surface area contributed by atoms with Gasteiger partial charge in [-0.3, -0.25) is 14.5 Å². The predicted octanol–water partition coefficient (Wildman–Crippen LogP) is 0.743. The molecule has 1 fully saturated rings. The van der Waals surface area contributed by atoms with Crippen LogP contribution < -0.4 is 10.2 Å². The minimum absolute atomic E-state index is 0.101. The first-order chi connectivity index (χ1) is 9.00. The quantitative estimate of drug-likeness (QED) is 0.872. The van der Waals surface area contributed by atoms with E-state index in [2.05, 4.69) is 15.3 Å². The van der Waals surface area contributed by atoms with Crippen LogP contribution in [-0.4, -0.2) is 33.9 Å². The molecule has 2 amide bonds. The van der Waals surface area contributed by atoms with Crippen LogP contribution in [0.15, 0.2) is 18.7 Å². The summed E-state index contributed by atoms with van der Waals surface area (Å²) in [6, 6.07) is -1.01. The molecule has 2 rings (SSSR count). The van der Waals surface area contributed by atoms with Crippen LogP contribution in [0.4, 0.5) is 5.69 Å². The third kappa shape index (κ3) is 2.72. The highest BCUT2D eigenvalue weighted by molar-refractivity contribution is 6.08. The van der Waals surface area contributed by atoms with Gasteiger partial charge in [-0.15, -0.1) is 0 Å². The van der Waals surface area contributed by atoms with Gasteiger partial charge in [-0.1, -0.05) is 13.8 Å². The Bertz CT molecular complexity index is 475. The number of piperazine rings is 1. The van der Waals surface area contributed by atoms with Crippen LogP contribution in [0.1, 0.15) is 27.2 Å². The Balaban J connectivity index is 2.29. The van der Waals surface area contributed by atoms with Gasteiger partial charge in [0.1, 0.15) is 18.4 Å². The van der Waals surface area contributed by atoms with Crippen molar-refractivity contribution in [2.45, 2.75) is 39.3 Å². The summed E-state index contributed by atoms with van der Waals surface area (Å²) in [5, 5.41) is 2.78. The molecule has 2 unspecified atom stereocenters. The summed E-state index contributed by atoms with van der Waals surface area (Å²) in [6.07, 6.45) is 5.12. The highest BCUT2D eigenvalue weighted by Gasteiger charge is 2.39. The lowest BCUT2D eigenvalue weighted by Crippen LogP contribution is -2.63. The van der Waals surface area contributed by atoms with Crippen molar-refractivity contribution in [1.82, 2.24) is 15.3 Å². The van der Waals surface area contributed by atoms with Gasteiger partial charge in [-0.05, 0) is 19.3 Å². The van der Waals surface area contributed by atoms with Crippen molar-refractivity contribution in [2.75, 3.05) is 4.90 Å². The molecule has 19 heavy (non-hydrogen) atoms. The maximum atomic E-state index is 12.5. The van der Waals surface area contributed by atoms with Crippen molar-refractivity contribution in [2.24, 2.45) is 5.92 Å². The molecule has 0 saturated carbocycles. The zero-order valence-corrected chi connectivity index (χ0v) is 11.3. The van der Waals surface area contributed by atoms with Gasteiger partial charge >= 0.3 is 0 Å². The molecule has 1 N–H and O–H groups in total. The van der Waals surface area contributed by atoms with Crippen LogP contribution in [0.25, 0.3) is 0 Å². The second kappa shape index (κ2) is 5.34. The van der Waals surface area contributed by atoms with Crippen molar-refractivity contribution in [3.05, 3.63) is 18.7 Å². The van der Waals surface area contributed by atoms with E-state index in [1.165, 1.54) is 11.2 Å². The van der Waals surface area contributed by atoms with Crippen molar-refractivity contribution in [1.29, 1.82) is 0 Å². The fraction of sp³-hybridized carbons (Fsp3) is 0.538. The summed E-state index contributed by atoms with van der Waals surface area (Å²) in [4.78, 5) is 33.7. The van der Waals surface area contributed by atoms with Gasteiger partial charge in [0.15, 0.2) is 0 Å². The number of aromatic nitrogens is 2. The molecule has 0 spiro atoms. The van der Waals surface area contributed by atoms with Crippen LogP contribution in [-0.2, 0) is 9.59 Å². The van der Waals surface area contributed by atoms with Gasteiger partial charge < -0.3 is 5.32 Å². The fourth-order valence-corrected chi connectivity index (χ4v) is 2.23. The number of anilines is 1. The molecule has 1 aromatic rings. The van der Waals surface area contributed by atoms with E-state index in [-0.39, 0.29) is 11.8 Å². The van der Waals surface area contributed by atoms with E-state index in [9.17, 15) is 9.59 Å². The van der Waals surface area contributed by atoms with Gasteiger partial charge in [0.2, 0.25) is 11.8 Å². The van der Waals surface area contributed by atoms with Gasteiger partial charge in [0, 0.05) is 0 Å². The topological polar surface area (TPSA) is 75.2 Å². The van der Waals surface area contributed by atoms with E-state index in [0.29, 0.717) is 18.0 Å². The number of carbonyl (C=O) groups excluding carboxylic acids is 2. The van der Waals surface area contributed by atoms with E-state index in [1.807, 2.05) is 13.8 Å². The summed E-state index contributed by atoms with van der Waals surface area (Å²) < 4.78 is 0. The standard InChI is InChI=1S/C13H18N4O2/c1-8(2)4-11-13(19)17(9(3)12(18)16-11)10-5-14-7-15-6-10/h5-9,11H,4H2,1-3H3,(H,16,18). The Morgan fingerprint density at radius 1 is 1.32 bits per heavy atom. The van der Waals surface area contributed by atoms with E-state index in [1.54, 1.807) is 19.3 Å². The first-order valence-electron chi connectivity index (χ1n) is 6.39. The van der Waals surface area contributed by atoms with Crippen LogP contribution in [0, 0.1) is 5.92 Å². The molecule has 2 atom stereocenters. The lowest BCUT2D eigenvalue weighted by atomic mass is 9.99. The van der Waals surface area contributed by atoms with E-state index in [4.69, 9.17) is 0 Å². The molecule has 6 heteroatoms. The maximum absolute atomic E-state index is 12.5. The summed E-state index contributed by atoms with van der Waals surface area (Å²) in [5.41, 5.74) is 0.559. The molecular formula is C13H18N4O2. The van der Waals surface area contributed by atoms with Gasteiger partial charge in [0.25, 0.3) is 0 Å². The zero-order chi connectivity index (χ0) is 14.0. The molecule has 1 aliphatic heterocycles. The molecule has 6 nitrogen and oxygen atoms in total. The number of nitrogens with zero attached hydrogens (tertiary/aromatic N) is 3. The Morgan fingerprint density at radius 3 is 2.53 bits per heavy atom. The largest absolute Gasteiger partial charge is 0.342 e. The number of rotatable bonds is 3. The number of amides is 2. The van der Waals surface area contributed by atoms with Gasteiger partial charge in [0.05, 0.1) is 18.1 Å². The van der Waals surface area contributed by atoms with Gasteiger partial charge in [-0.25, -0.2) is 9.97 Å². The van der Waals surface area contributed by atoms with E-state index < -0.39 is 12.1 Å². The van der Waals surface area contributed by atoms with Crippen molar-refractivity contribution >= 4 is 17.5 Å². The molecule has 0 aliphatic carbocycles. The summed E-state index contributed by atoms with van der Waals surface area (Å²) in [5.74, 6) is 0.0845. The molecule has 1 saturated heterocycles. The lowest BCUT2D eigenvalue weighted by Gasteiger charge is -2.37. The first-order valence-corrected chi connectivity index (χ1v) is 6.39. The van der Waals surface area contributed by atoms with E-state index in [0.717, 1.165) is 0 Å². The predicted molar refractivity (Wildman–Crippen MR) is 70.4 cm³/mol. The minimum Gasteiger partial charge on any atom is -0.342 e. The zero-order valence-electron chi connectivity index (χ0n) is 11.3. The maximum Gasteiger partial charge on any atom is 0.250 e. The Hall–Kier alpha value is -1.98. The molecule has 102 valence electrons. The Labute approximate surface area is 112 Å². The second-order valence-electron chi connectivity index (χ2n) is 5.17. The SMILES string of the molecule is CC(C)CC1NC(=O)C(C)N(c2cncnc2)C1=O. The first kappa shape index (κ1) is 13.5. The van der Waals surface area contributed by atoms with Crippen molar-refractivity contribution < 1.29 is 9.59 Å². The third-order valence-corrected chi connectivity index (χ3v) is 3.15.